The molecule has 0 saturated carbocycles. The van der Waals surface area contributed by atoms with Crippen LogP contribution in [0, 0.1) is 11.6 Å². The highest BCUT2D eigenvalue weighted by Crippen LogP contribution is 2.20. The van der Waals surface area contributed by atoms with Gasteiger partial charge in [-0.1, -0.05) is 6.07 Å². The molecule has 25 heavy (non-hydrogen) atoms. The highest BCUT2D eigenvalue weighted by Gasteiger charge is 2.29. The highest BCUT2D eigenvalue weighted by atomic mass is 19.1. The van der Waals surface area contributed by atoms with Crippen LogP contribution in [0.4, 0.5) is 14.6 Å². The fraction of sp³-hybridized carbons (Fsp3) is 0.333. The number of hydrogen-bond donors (Lipinski definition) is 2. The van der Waals surface area contributed by atoms with Crippen LogP contribution in [-0.2, 0) is 6.54 Å². The molecule has 1 aliphatic rings. The van der Waals surface area contributed by atoms with Crippen molar-refractivity contribution in [2.75, 3.05) is 18.5 Å². The molecule has 0 spiro atoms. The summed E-state index contributed by atoms with van der Waals surface area (Å²) in [6.07, 6.45) is 1.64. The summed E-state index contributed by atoms with van der Waals surface area (Å²) >= 11 is 0. The number of anilines is 1. The van der Waals surface area contributed by atoms with E-state index in [1.165, 1.54) is 12.1 Å². The first-order valence-corrected chi connectivity index (χ1v) is 8.14. The zero-order valence-corrected chi connectivity index (χ0v) is 13.6. The topological polar surface area (TPSA) is 65.5 Å². The number of halogens is 2. The number of carbonyl (C=O) groups is 1. The maximum atomic E-state index is 13.2. The third-order valence-electron chi connectivity index (χ3n) is 4.21. The molecule has 2 heterocycles. The van der Waals surface area contributed by atoms with Crippen molar-refractivity contribution < 1.29 is 18.7 Å². The molecule has 132 valence electrons. The van der Waals surface area contributed by atoms with E-state index in [1.54, 1.807) is 23.1 Å². The number of amides is 1. The number of aromatic nitrogens is 1. The molecular weight excluding hydrogens is 328 g/mol. The van der Waals surface area contributed by atoms with Gasteiger partial charge in [0.1, 0.15) is 23.1 Å². The standard InChI is InChI=1S/C18H19F2N3O2/c19-13-7-12(8-14(20)9-13)10-21-17-5-1-4-16(22-17)18(25)23-6-2-3-15(23)11-24/h1,4-5,7-9,15,24H,2-3,6,10-11H2,(H,21,22). The summed E-state index contributed by atoms with van der Waals surface area (Å²) in [4.78, 5) is 18.5. The van der Waals surface area contributed by atoms with E-state index in [2.05, 4.69) is 10.3 Å². The number of pyridine rings is 1. The molecule has 1 fully saturated rings. The van der Waals surface area contributed by atoms with Crippen LogP contribution in [0.1, 0.15) is 28.9 Å². The first-order chi connectivity index (χ1) is 12.1. The van der Waals surface area contributed by atoms with Crippen molar-refractivity contribution in [2.24, 2.45) is 0 Å². The Labute approximate surface area is 144 Å². The van der Waals surface area contributed by atoms with E-state index < -0.39 is 11.6 Å². The highest BCUT2D eigenvalue weighted by molar-refractivity contribution is 5.93. The quantitative estimate of drug-likeness (QED) is 0.872. The van der Waals surface area contributed by atoms with Crippen LogP contribution in [0.5, 0.6) is 0 Å². The molecule has 1 aliphatic heterocycles. The Morgan fingerprint density at radius 3 is 2.76 bits per heavy atom. The second-order valence-corrected chi connectivity index (χ2v) is 6.02. The summed E-state index contributed by atoms with van der Waals surface area (Å²) in [5.74, 6) is -1.07. The van der Waals surface area contributed by atoms with Gasteiger partial charge in [0.2, 0.25) is 0 Å². The van der Waals surface area contributed by atoms with Gasteiger partial charge >= 0.3 is 0 Å². The van der Waals surface area contributed by atoms with Crippen LogP contribution >= 0.6 is 0 Å². The number of aliphatic hydroxyl groups excluding tert-OH is 1. The van der Waals surface area contributed by atoms with E-state index in [0.717, 1.165) is 18.9 Å². The molecule has 1 saturated heterocycles. The lowest BCUT2D eigenvalue weighted by Crippen LogP contribution is -2.38. The Morgan fingerprint density at radius 1 is 1.28 bits per heavy atom. The Bertz CT molecular complexity index is 749. The van der Waals surface area contributed by atoms with E-state index in [4.69, 9.17) is 0 Å². The Balaban J connectivity index is 1.70. The van der Waals surface area contributed by atoms with E-state index >= 15 is 0 Å². The van der Waals surface area contributed by atoms with Crippen molar-refractivity contribution in [3.8, 4) is 0 Å². The number of nitrogens with zero attached hydrogens (tertiary/aromatic N) is 2. The largest absolute Gasteiger partial charge is 0.394 e. The average molecular weight is 347 g/mol. The van der Waals surface area contributed by atoms with Crippen LogP contribution in [0.2, 0.25) is 0 Å². The van der Waals surface area contributed by atoms with Gasteiger partial charge in [0.25, 0.3) is 5.91 Å². The smallest absolute Gasteiger partial charge is 0.272 e. The minimum Gasteiger partial charge on any atom is -0.394 e. The molecule has 5 nitrogen and oxygen atoms in total. The second-order valence-electron chi connectivity index (χ2n) is 6.02. The van der Waals surface area contributed by atoms with Crippen LogP contribution in [-0.4, -0.2) is 40.1 Å². The van der Waals surface area contributed by atoms with Crippen LogP contribution < -0.4 is 5.32 Å². The van der Waals surface area contributed by atoms with Crippen molar-refractivity contribution in [3.63, 3.8) is 0 Å². The molecule has 1 atom stereocenters. The molecule has 0 radical (unpaired) electrons. The lowest BCUT2D eigenvalue weighted by atomic mass is 10.2. The molecule has 1 unspecified atom stereocenters. The fourth-order valence-electron chi connectivity index (χ4n) is 3.00. The van der Waals surface area contributed by atoms with Gasteiger partial charge in [0.15, 0.2) is 0 Å². The number of rotatable bonds is 5. The summed E-state index contributed by atoms with van der Waals surface area (Å²) < 4.78 is 26.4. The first kappa shape index (κ1) is 17.3. The summed E-state index contributed by atoms with van der Waals surface area (Å²) in [6.45, 7) is 0.725. The number of likely N-dealkylation sites (tertiary alicyclic amines) is 1. The second kappa shape index (κ2) is 7.57. The molecule has 2 N–H and O–H groups in total. The van der Waals surface area contributed by atoms with Crippen LogP contribution in [0.15, 0.2) is 36.4 Å². The fourth-order valence-corrected chi connectivity index (χ4v) is 3.00. The Hall–Kier alpha value is -2.54. The SMILES string of the molecule is O=C(c1cccc(NCc2cc(F)cc(F)c2)n1)N1CCCC1CO. The monoisotopic (exact) mass is 347 g/mol. The minimum absolute atomic E-state index is 0.0607. The average Bonchev–Trinajstić information content (AvgIpc) is 3.07. The summed E-state index contributed by atoms with van der Waals surface area (Å²) in [5, 5.41) is 12.3. The van der Waals surface area contributed by atoms with Gasteiger partial charge in [-0.05, 0) is 42.7 Å². The van der Waals surface area contributed by atoms with Crippen LogP contribution in [0.25, 0.3) is 0 Å². The molecule has 0 bridgehead atoms. The number of carbonyl (C=O) groups excluding carboxylic acids is 1. The number of nitrogens with one attached hydrogen (secondary N) is 1. The summed E-state index contributed by atoms with van der Waals surface area (Å²) in [7, 11) is 0. The van der Waals surface area contributed by atoms with Crippen molar-refractivity contribution in [3.05, 3.63) is 59.3 Å². The maximum absolute atomic E-state index is 13.2. The third kappa shape index (κ3) is 4.11. The van der Waals surface area contributed by atoms with E-state index in [9.17, 15) is 18.7 Å². The van der Waals surface area contributed by atoms with Gasteiger partial charge in [0.05, 0.1) is 12.6 Å². The Morgan fingerprint density at radius 2 is 2.04 bits per heavy atom. The van der Waals surface area contributed by atoms with E-state index in [1.807, 2.05) is 0 Å². The van der Waals surface area contributed by atoms with Gasteiger partial charge < -0.3 is 15.3 Å². The summed E-state index contributed by atoms with van der Waals surface area (Å²) in [6, 6.07) is 8.11. The Kier molecular flexibility index (Phi) is 5.23. The van der Waals surface area contributed by atoms with Crippen LogP contribution in [0.3, 0.4) is 0 Å². The maximum Gasteiger partial charge on any atom is 0.272 e. The number of benzene rings is 1. The molecule has 2 aromatic rings. The predicted molar refractivity (Wildman–Crippen MR) is 89.1 cm³/mol. The van der Waals surface area contributed by atoms with Crippen molar-refractivity contribution in [2.45, 2.75) is 25.4 Å². The van der Waals surface area contributed by atoms with Gasteiger partial charge in [-0.3, -0.25) is 4.79 Å². The van der Waals surface area contributed by atoms with E-state index in [0.29, 0.717) is 17.9 Å². The van der Waals surface area contributed by atoms with Crippen molar-refractivity contribution >= 4 is 11.7 Å². The summed E-state index contributed by atoms with van der Waals surface area (Å²) in [5.41, 5.74) is 0.715. The molecule has 1 aromatic carbocycles. The first-order valence-electron chi connectivity index (χ1n) is 8.14. The molecule has 1 aromatic heterocycles. The molecule has 1 amide bonds. The van der Waals surface area contributed by atoms with Crippen molar-refractivity contribution in [1.29, 1.82) is 0 Å². The normalized spacial score (nSPS) is 16.9. The van der Waals surface area contributed by atoms with Gasteiger partial charge in [-0.15, -0.1) is 0 Å². The molecule has 3 rings (SSSR count). The third-order valence-corrected chi connectivity index (χ3v) is 4.21. The van der Waals surface area contributed by atoms with Gasteiger partial charge in [-0.25, -0.2) is 13.8 Å². The molecule has 7 heteroatoms. The number of aliphatic hydroxyl groups is 1. The lowest BCUT2D eigenvalue weighted by molar-refractivity contribution is 0.0672. The molecular formula is C18H19F2N3O2. The predicted octanol–water partition coefficient (Wildman–Crippen LogP) is 2.57. The molecule has 0 aliphatic carbocycles. The van der Waals surface area contributed by atoms with Gasteiger partial charge in [-0.2, -0.15) is 0 Å². The zero-order chi connectivity index (χ0) is 17.8. The zero-order valence-electron chi connectivity index (χ0n) is 13.6. The van der Waals surface area contributed by atoms with Crippen molar-refractivity contribution in [1.82, 2.24) is 9.88 Å². The number of hydrogen-bond acceptors (Lipinski definition) is 4. The minimum atomic E-state index is -0.641. The van der Waals surface area contributed by atoms with Gasteiger partial charge in [0, 0.05) is 19.2 Å². The van der Waals surface area contributed by atoms with E-state index in [-0.39, 0.29) is 30.8 Å². The lowest BCUT2D eigenvalue weighted by Gasteiger charge is -2.22.